The summed E-state index contributed by atoms with van der Waals surface area (Å²) in [7, 11) is 0. The lowest BCUT2D eigenvalue weighted by Gasteiger charge is -2.09. The van der Waals surface area contributed by atoms with Crippen LogP contribution >= 0.6 is 0 Å². The molecular weight excluding hydrogens is 338 g/mol. The Kier molecular flexibility index (Phi) is 6.01. The second-order valence-electron chi connectivity index (χ2n) is 6.62. The third-order valence-corrected chi connectivity index (χ3v) is 4.77. The molecule has 27 heavy (non-hydrogen) atoms. The molecular formula is C22H25N3O2. The number of imidazole rings is 1. The Labute approximate surface area is 159 Å². The van der Waals surface area contributed by atoms with Crippen molar-refractivity contribution in [3.05, 3.63) is 65.5 Å². The molecule has 0 unspecified atom stereocenters. The van der Waals surface area contributed by atoms with Crippen molar-refractivity contribution in [2.24, 2.45) is 0 Å². The fourth-order valence-corrected chi connectivity index (χ4v) is 3.17. The lowest BCUT2D eigenvalue weighted by molar-refractivity contribution is -0.121. The van der Waals surface area contributed by atoms with Gasteiger partial charge in [-0.15, -0.1) is 0 Å². The molecule has 140 valence electrons. The first kappa shape index (κ1) is 18.8. The Bertz CT molecular complexity index is 942. The highest BCUT2D eigenvalue weighted by Crippen LogP contribution is 2.15. The Morgan fingerprint density at radius 1 is 1.04 bits per heavy atom. The zero-order valence-electron chi connectivity index (χ0n) is 15.9. The summed E-state index contributed by atoms with van der Waals surface area (Å²) in [4.78, 5) is 28.8. The van der Waals surface area contributed by atoms with Crippen molar-refractivity contribution in [1.29, 1.82) is 0 Å². The number of carbonyl (C=O) groups excluding carboxylic acids is 2. The lowest BCUT2D eigenvalue weighted by atomic mass is 10.0. The fourth-order valence-electron chi connectivity index (χ4n) is 3.17. The number of para-hydroxylation sites is 2. The topological polar surface area (TPSA) is 64.0 Å². The number of benzene rings is 2. The smallest absolute Gasteiger partial charge is 0.220 e. The number of nitrogens with one attached hydrogen (secondary N) is 1. The van der Waals surface area contributed by atoms with Crippen LogP contribution in [0.5, 0.6) is 0 Å². The van der Waals surface area contributed by atoms with Gasteiger partial charge >= 0.3 is 0 Å². The molecule has 0 radical (unpaired) electrons. The molecule has 3 rings (SSSR count). The number of rotatable bonds is 8. The zero-order chi connectivity index (χ0) is 19.2. The number of hydrogen-bond donors (Lipinski definition) is 1. The van der Waals surface area contributed by atoms with Crippen LogP contribution in [0.4, 0.5) is 0 Å². The van der Waals surface area contributed by atoms with Crippen LogP contribution in [0.25, 0.3) is 11.0 Å². The Morgan fingerprint density at radius 2 is 1.78 bits per heavy atom. The number of Topliss-reactive ketones (excluding diaryl/α,β-unsaturated/α-hetero) is 1. The largest absolute Gasteiger partial charge is 0.354 e. The molecule has 0 saturated carbocycles. The van der Waals surface area contributed by atoms with Crippen LogP contribution in [-0.2, 0) is 17.8 Å². The van der Waals surface area contributed by atoms with E-state index in [1.165, 1.54) is 5.56 Å². The van der Waals surface area contributed by atoms with Crippen LogP contribution in [0.1, 0.15) is 41.5 Å². The van der Waals surface area contributed by atoms with Crippen LogP contribution < -0.4 is 5.32 Å². The van der Waals surface area contributed by atoms with Crippen molar-refractivity contribution >= 4 is 22.7 Å². The fraction of sp³-hybridized carbons (Fsp3) is 0.318. The van der Waals surface area contributed by atoms with E-state index < -0.39 is 0 Å². The van der Waals surface area contributed by atoms with Crippen LogP contribution in [0.15, 0.2) is 48.5 Å². The molecule has 0 atom stereocenters. The minimum Gasteiger partial charge on any atom is -0.354 e. The van der Waals surface area contributed by atoms with Gasteiger partial charge in [0.1, 0.15) is 5.82 Å². The van der Waals surface area contributed by atoms with Crippen molar-refractivity contribution in [3.63, 3.8) is 0 Å². The molecule has 1 aromatic heterocycles. The maximum Gasteiger partial charge on any atom is 0.220 e. The molecule has 0 fully saturated rings. The maximum absolute atomic E-state index is 12.2. The van der Waals surface area contributed by atoms with Gasteiger partial charge in [-0.1, -0.05) is 43.3 Å². The van der Waals surface area contributed by atoms with Gasteiger partial charge in [-0.05, 0) is 31.0 Å². The standard InChI is InChI=1S/C22H25N3O2/c1-3-17-8-10-18(11-9-17)21(26)12-13-22(27)23-14-15-25-16(2)24-19-6-4-5-7-20(19)25/h4-11H,3,12-15H2,1-2H3,(H,23,27). The van der Waals surface area contributed by atoms with E-state index >= 15 is 0 Å². The van der Waals surface area contributed by atoms with Gasteiger partial charge in [-0.2, -0.15) is 0 Å². The molecule has 0 aliphatic rings. The number of ketones is 1. The third kappa shape index (κ3) is 4.61. The second-order valence-corrected chi connectivity index (χ2v) is 6.62. The van der Waals surface area contributed by atoms with E-state index in [1.807, 2.05) is 55.5 Å². The summed E-state index contributed by atoms with van der Waals surface area (Å²) in [5.41, 5.74) is 3.89. The Hall–Kier alpha value is -2.95. The van der Waals surface area contributed by atoms with E-state index in [0.717, 1.165) is 23.3 Å². The van der Waals surface area contributed by atoms with Crippen molar-refractivity contribution < 1.29 is 9.59 Å². The van der Waals surface area contributed by atoms with E-state index in [9.17, 15) is 9.59 Å². The number of fused-ring (bicyclic) bond motifs is 1. The molecule has 0 aliphatic heterocycles. The molecule has 0 aliphatic carbocycles. The van der Waals surface area contributed by atoms with Gasteiger partial charge in [0.25, 0.3) is 0 Å². The summed E-state index contributed by atoms with van der Waals surface area (Å²) in [6, 6.07) is 15.6. The second kappa shape index (κ2) is 8.62. The van der Waals surface area contributed by atoms with E-state index in [4.69, 9.17) is 0 Å². The van der Waals surface area contributed by atoms with Gasteiger partial charge in [0.2, 0.25) is 5.91 Å². The average molecular weight is 363 g/mol. The van der Waals surface area contributed by atoms with Crippen molar-refractivity contribution in [1.82, 2.24) is 14.9 Å². The number of nitrogens with zero attached hydrogens (tertiary/aromatic N) is 2. The first-order valence-corrected chi connectivity index (χ1v) is 9.39. The zero-order valence-corrected chi connectivity index (χ0v) is 15.9. The molecule has 1 heterocycles. The van der Waals surface area contributed by atoms with Crippen molar-refractivity contribution in [3.8, 4) is 0 Å². The first-order chi connectivity index (χ1) is 13.1. The highest BCUT2D eigenvalue weighted by Gasteiger charge is 2.10. The molecule has 0 saturated heterocycles. The molecule has 5 nitrogen and oxygen atoms in total. The third-order valence-electron chi connectivity index (χ3n) is 4.77. The summed E-state index contributed by atoms with van der Waals surface area (Å²) in [6.07, 6.45) is 1.38. The molecule has 2 aromatic carbocycles. The van der Waals surface area contributed by atoms with E-state index in [-0.39, 0.29) is 24.5 Å². The molecule has 3 aromatic rings. The lowest BCUT2D eigenvalue weighted by Crippen LogP contribution is -2.27. The van der Waals surface area contributed by atoms with Gasteiger partial charge < -0.3 is 9.88 Å². The van der Waals surface area contributed by atoms with Crippen molar-refractivity contribution in [2.45, 2.75) is 39.7 Å². The van der Waals surface area contributed by atoms with E-state index in [2.05, 4.69) is 21.8 Å². The highest BCUT2D eigenvalue weighted by atomic mass is 16.2. The number of aryl methyl sites for hydroxylation is 2. The van der Waals surface area contributed by atoms with Gasteiger partial charge in [0, 0.05) is 31.5 Å². The van der Waals surface area contributed by atoms with Gasteiger partial charge in [0.05, 0.1) is 11.0 Å². The molecule has 1 N–H and O–H groups in total. The quantitative estimate of drug-likeness (QED) is 0.621. The molecule has 0 spiro atoms. The minimum absolute atomic E-state index is 0.00394. The van der Waals surface area contributed by atoms with Crippen LogP contribution in [-0.4, -0.2) is 27.8 Å². The number of amides is 1. The molecule has 1 amide bonds. The van der Waals surface area contributed by atoms with Gasteiger partial charge in [-0.25, -0.2) is 4.98 Å². The van der Waals surface area contributed by atoms with Gasteiger partial charge in [-0.3, -0.25) is 9.59 Å². The van der Waals surface area contributed by atoms with E-state index in [1.54, 1.807) is 0 Å². The SMILES string of the molecule is CCc1ccc(C(=O)CCC(=O)NCCn2c(C)nc3ccccc32)cc1. The predicted molar refractivity (Wildman–Crippen MR) is 107 cm³/mol. The van der Waals surface area contributed by atoms with Crippen LogP contribution in [0.3, 0.4) is 0 Å². The minimum atomic E-state index is -0.101. The molecule has 5 heteroatoms. The summed E-state index contributed by atoms with van der Waals surface area (Å²) >= 11 is 0. The highest BCUT2D eigenvalue weighted by molar-refractivity contribution is 5.97. The maximum atomic E-state index is 12.2. The number of carbonyl (C=O) groups is 2. The number of aromatic nitrogens is 2. The van der Waals surface area contributed by atoms with Crippen LogP contribution in [0, 0.1) is 6.92 Å². The summed E-state index contributed by atoms with van der Waals surface area (Å²) in [5.74, 6) is 0.830. The van der Waals surface area contributed by atoms with Gasteiger partial charge in [0.15, 0.2) is 5.78 Å². The monoisotopic (exact) mass is 363 g/mol. The Balaban J connectivity index is 1.46. The van der Waals surface area contributed by atoms with E-state index in [0.29, 0.717) is 18.7 Å². The average Bonchev–Trinajstić information content (AvgIpc) is 3.01. The van der Waals surface area contributed by atoms with Crippen LogP contribution in [0.2, 0.25) is 0 Å². The van der Waals surface area contributed by atoms with Crippen molar-refractivity contribution in [2.75, 3.05) is 6.54 Å². The summed E-state index contributed by atoms with van der Waals surface area (Å²) < 4.78 is 2.09. The summed E-state index contributed by atoms with van der Waals surface area (Å²) in [6.45, 7) is 5.21. The number of hydrogen-bond acceptors (Lipinski definition) is 3. The summed E-state index contributed by atoms with van der Waals surface area (Å²) in [5, 5.41) is 2.90. The molecule has 0 bridgehead atoms. The predicted octanol–water partition coefficient (Wildman–Crippen LogP) is 3.69. The Morgan fingerprint density at radius 3 is 2.52 bits per heavy atom. The normalized spacial score (nSPS) is 10.9. The first-order valence-electron chi connectivity index (χ1n) is 9.39.